The highest BCUT2D eigenvalue weighted by atomic mass is 31.1. The van der Waals surface area contributed by atoms with E-state index in [9.17, 15) is 9.46 Å². The van der Waals surface area contributed by atoms with Gasteiger partial charge in [-0.05, 0) is 44.0 Å². The van der Waals surface area contributed by atoms with Gasteiger partial charge in [0.1, 0.15) is 6.10 Å². The topological polar surface area (TPSA) is 68.2 Å². The summed E-state index contributed by atoms with van der Waals surface area (Å²) >= 11 is 0. The second-order valence-electron chi connectivity index (χ2n) is 7.54. The van der Waals surface area contributed by atoms with Gasteiger partial charge in [0.05, 0.1) is 7.11 Å². The molecule has 1 fully saturated rings. The zero-order valence-electron chi connectivity index (χ0n) is 15.3. The van der Waals surface area contributed by atoms with Crippen molar-refractivity contribution in [2.24, 2.45) is 5.92 Å². The molecule has 6 nitrogen and oxygen atoms in total. The average Bonchev–Trinajstić information content (AvgIpc) is 2.95. The van der Waals surface area contributed by atoms with E-state index in [0.29, 0.717) is 17.7 Å². The maximum absolute atomic E-state index is 11.4. The second kappa shape index (κ2) is 6.31. The fourth-order valence-electron chi connectivity index (χ4n) is 5.41. The van der Waals surface area contributed by atoms with E-state index in [-0.39, 0.29) is 5.41 Å². The lowest BCUT2D eigenvalue weighted by atomic mass is 9.55. The maximum Gasteiger partial charge on any atom is 0.695 e. The van der Waals surface area contributed by atoms with E-state index >= 15 is 0 Å². The summed E-state index contributed by atoms with van der Waals surface area (Å²) in [5.74, 6) is 1.77. The summed E-state index contributed by atoms with van der Waals surface area (Å²) in [4.78, 5) is 11.8. The van der Waals surface area contributed by atoms with Gasteiger partial charge in [-0.15, -0.1) is 16.0 Å². The van der Waals surface area contributed by atoms with Crippen molar-refractivity contribution in [2.75, 3.05) is 20.7 Å². The van der Waals surface area contributed by atoms with Gasteiger partial charge in [0.25, 0.3) is 0 Å². The first kappa shape index (κ1) is 17.9. The highest BCUT2D eigenvalue weighted by molar-refractivity contribution is 7.32. The van der Waals surface area contributed by atoms with Crippen LogP contribution in [0.25, 0.3) is 0 Å². The van der Waals surface area contributed by atoms with Crippen LogP contribution in [0.5, 0.6) is 11.5 Å². The molecule has 7 heteroatoms. The molecule has 4 rings (SSSR count). The van der Waals surface area contributed by atoms with Gasteiger partial charge in [0.15, 0.2) is 17.6 Å². The lowest BCUT2D eigenvalue weighted by Crippen LogP contribution is -2.63. The van der Waals surface area contributed by atoms with Crippen molar-refractivity contribution in [2.45, 2.75) is 43.4 Å². The SMILES string of the molecule is C=C[C@H](O[P+](=O)O)[C@@H]1Oc2c(OC)ccc3c2[C@@]12CCN(C)[C@H](C3)[C@@H]2C. The van der Waals surface area contributed by atoms with Crippen LogP contribution < -0.4 is 9.47 Å². The minimum Gasteiger partial charge on any atom is -0.493 e. The Morgan fingerprint density at radius 1 is 1.54 bits per heavy atom. The average molecular weight is 378 g/mol. The zero-order valence-corrected chi connectivity index (χ0v) is 16.2. The number of methoxy groups -OCH3 is 1. The Hall–Kier alpha value is -1.46. The van der Waals surface area contributed by atoms with E-state index in [1.54, 1.807) is 13.2 Å². The van der Waals surface area contributed by atoms with Crippen molar-refractivity contribution in [1.29, 1.82) is 0 Å². The van der Waals surface area contributed by atoms with E-state index in [4.69, 9.17) is 14.0 Å². The molecule has 1 spiro atoms. The molecule has 1 aromatic carbocycles. The lowest BCUT2D eigenvalue weighted by Gasteiger charge is -2.54. The van der Waals surface area contributed by atoms with Gasteiger partial charge >= 0.3 is 8.25 Å². The predicted molar refractivity (Wildman–Crippen MR) is 97.9 cm³/mol. The number of rotatable bonds is 5. The number of likely N-dealkylation sites (tertiary alicyclic amines) is 1. The molecular weight excluding hydrogens is 353 g/mol. The molecular formula is C19H25NO5P+. The van der Waals surface area contributed by atoms with Crippen LogP contribution in [0.2, 0.25) is 0 Å². The maximum atomic E-state index is 11.4. The first-order valence-electron chi connectivity index (χ1n) is 8.96. The molecule has 140 valence electrons. The molecule has 6 atom stereocenters. The molecule has 1 saturated heterocycles. The van der Waals surface area contributed by atoms with E-state index in [2.05, 4.69) is 31.5 Å². The van der Waals surface area contributed by atoms with Gasteiger partial charge in [0.2, 0.25) is 0 Å². The smallest absolute Gasteiger partial charge is 0.493 e. The van der Waals surface area contributed by atoms with E-state index < -0.39 is 20.5 Å². The van der Waals surface area contributed by atoms with Crippen LogP contribution in [0.4, 0.5) is 0 Å². The van der Waals surface area contributed by atoms with Gasteiger partial charge in [-0.25, -0.2) is 0 Å². The van der Waals surface area contributed by atoms with Crippen molar-refractivity contribution >= 4 is 8.25 Å². The quantitative estimate of drug-likeness (QED) is 0.628. The standard InChI is InChI=1S/C19H24NO5P/c1-5-14(25-26(21)22)18-19-8-9-20(3)13(11(19)2)10-12-6-7-15(23-4)17(24-18)16(12)19/h5-7,11,13-14,18H,1,8-10H2,2-4H3/p+1/t11-,13+,14-,18-,19-/m0/s1. The summed E-state index contributed by atoms with van der Waals surface area (Å²) in [6.07, 6.45) is 2.38. The van der Waals surface area contributed by atoms with Gasteiger partial charge in [-0.3, -0.25) is 0 Å². The van der Waals surface area contributed by atoms with Crippen LogP contribution in [0.3, 0.4) is 0 Å². The van der Waals surface area contributed by atoms with Gasteiger partial charge in [-0.2, -0.15) is 0 Å². The molecule has 0 radical (unpaired) electrons. The van der Waals surface area contributed by atoms with Crippen molar-refractivity contribution in [1.82, 2.24) is 4.90 Å². The second-order valence-corrected chi connectivity index (χ2v) is 8.23. The van der Waals surface area contributed by atoms with E-state index in [0.717, 1.165) is 25.1 Å². The fourth-order valence-corrected chi connectivity index (χ4v) is 5.82. The molecule has 1 aromatic rings. The van der Waals surface area contributed by atoms with Crippen LogP contribution in [0.15, 0.2) is 24.8 Å². The van der Waals surface area contributed by atoms with Crippen molar-refractivity contribution in [3.8, 4) is 11.5 Å². The molecule has 0 aromatic heterocycles. The summed E-state index contributed by atoms with van der Waals surface area (Å²) < 4.78 is 28.7. The molecule has 2 bridgehead atoms. The van der Waals surface area contributed by atoms with E-state index in [1.165, 1.54) is 11.1 Å². The first-order chi connectivity index (χ1) is 12.4. The first-order valence-corrected chi connectivity index (χ1v) is 10.1. The van der Waals surface area contributed by atoms with Crippen molar-refractivity contribution in [3.05, 3.63) is 35.9 Å². The monoisotopic (exact) mass is 378 g/mol. The van der Waals surface area contributed by atoms with Crippen LogP contribution in [0.1, 0.15) is 24.5 Å². The predicted octanol–water partition coefficient (Wildman–Crippen LogP) is 2.81. The van der Waals surface area contributed by atoms with Gasteiger partial charge in [-0.1, -0.05) is 19.1 Å². The lowest BCUT2D eigenvalue weighted by molar-refractivity contribution is -0.0386. The Labute approximate surface area is 154 Å². The summed E-state index contributed by atoms with van der Waals surface area (Å²) in [5.41, 5.74) is 2.19. The normalized spacial score (nSPS) is 33.8. The Balaban J connectivity index is 1.91. The van der Waals surface area contributed by atoms with Gasteiger partial charge in [0, 0.05) is 21.6 Å². The minimum atomic E-state index is -2.75. The van der Waals surface area contributed by atoms with E-state index in [1.807, 2.05) is 6.07 Å². The highest BCUT2D eigenvalue weighted by Crippen LogP contribution is 2.61. The Bertz CT molecular complexity index is 769. The number of nitrogens with zero attached hydrogens (tertiary/aromatic N) is 1. The van der Waals surface area contributed by atoms with Crippen molar-refractivity contribution in [3.63, 3.8) is 0 Å². The van der Waals surface area contributed by atoms with Crippen LogP contribution >= 0.6 is 8.25 Å². The minimum absolute atomic E-state index is 0.279. The molecule has 0 saturated carbocycles. The highest BCUT2D eigenvalue weighted by Gasteiger charge is 2.63. The number of hydrogen-bond acceptors (Lipinski definition) is 5. The largest absolute Gasteiger partial charge is 0.695 e. The summed E-state index contributed by atoms with van der Waals surface area (Å²) in [6.45, 7) is 7.03. The van der Waals surface area contributed by atoms with Gasteiger partial charge < -0.3 is 14.4 Å². The Morgan fingerprint density at radius 2 is 2.31 bits per heavy atom. The molecule has 1 N–H and O–H groups in total. The Kier molecular flexibility index (Phi) is 4.35. The number of fused-ring (bicyclic) bond motifs is 1. The number of ether oxygens (including phenoxy) is 2. The van der Waals surface area contributed by atoms with Crippen LogP contribution in [-0.4, -0.2) is 48.7 Å². The third kappa shape index (κ3) is 2.29. The van der Waals surface area contributed by atoms with Crippen LogP contribution in [-0.2, 0) is 20.9 Å². The number of likely N-dealkylation sites (N-methyl/N-ethyl adjacent to an activating group) is 1. The third-order valence-electron chi connectivity index (χ3n) is 6.65. The van der Waals surface area contributed by atoms with Crippen LogP contribution in [0, 0.1) is 5.92 Å². The summed E-state index contributed by atoms with van der Waals surface area (Å²) in [5, 5.41) is 0. The third-order valence-corrected chi connectivity index (χ3v) is 7.08. The summed E-state index contributed by atoms with van der Waals surface area (Å²) in [7, 11) is 1.05. The summed E-state index contributed by atoms with van der Waals surface area (Å²) in [6, 6.07) is 4.48. The van der Waals surface area contributed by atoms with Crippen molar-refractivity contribution < 1.29 is 23.5 Å². The number of piperidine rings is 1. The molecule has 1 unspecified atom stereocenters. The molecule has 3 aliphatic rings. The fraction of sp³-hybridized carbons (Fsp3) is 0.579. The molecule has 2 heterocycles. The molecule has 2 aliphatic heterocycles. The molecule has 26 heavy (non-hydrogen) atoms. The number of hydrogen-bond donors (Lipinski definition) is 1. The Morgan fingerprint density at radius 3 is 2.96 bits per heavy atom. The zero-order chi connectivity index (χ0) is 18.6. The molecule has 0 amide bonds. The number of benzene rings is 1. The molecule has 1 aliphatic carbocycles.